The summed E-state index contributed by atoms with van der Waals surface area (Å²) in [6.07, 6.45) is 3.73. The van der Waals surface area contributed by atoms with E-state index < -0.39 is 10.8 Å². The van der Waals surface area contributed by atoms with Crippen LogP contribution in [0.3, 0.4) is 0 Å². The van der Waals surface area contributed by atoms with Gasteiger partial charge in [0.1, 0.15) is 11.6 Å². The Morgan fingerprint density at radius 3 is 1.12 bits per heavy atom. The molecule has 0 aromatic heterocycles. The van der Waals surface area contributed by atoms with Crippen LogP contribution in [0.2, 0.25) is 0 Å². The van der Waals surface area contributed by atoms with Crippen LogP contribution in [0.5, 0.6) is 0 Å². The van der Waals surface area contributed by atoms with Crippen molar-refractivity contribution in [2.24, 2.45) is 0 Å². The normalized spacial score (nSPS) is 15.8. The van der Waals surface area contributed by atoms with Crippen LogP contribution in [0, 0.1) is 11.6 Å². The van der Waals surface area contributed by atoms with E-state index in [1.54, 1.807) is 24.3 Å². The molecule has 75 heavy (non-hydrogen) atoms. The molecule has 2 atom stereocenters. The molecular weight excluding hydrogens is 917 g/mol. The van der Waals surface area contributed by atoms with Crippen molar-refractivity contribution in [1.82, 2.24) is 0 Å². The second-order valence-corrected chi connectivity index (χ2v) is 19.5. The monoisotopic (exact) mass is 965 g/mol. The van der Waals surface area contributed by atoms with Crippen molar-refractivity contribution in [3.63, 3.8) is 0 Å². The Morgan fingerprint density at radius 2 is 0.653 bits per heavy atom. The number of nitrogens with zero attached hydrogens (tertiary/aromatic N) is 1. The van der Waals surface area contributed by atoms with Gasteiger partial charge >= 0.3 is 0 Å². The summed E-state index contributed by atoms with van der Waals surface area (Å²) in [7, 11) is 0. The van der Waals surface area contributed by atoms with Gasteiger partial charge in [-0.25, -0.2) is 8.78 Å². The van der Waals surface area contributed by atoms with Crippen molar-refractivity contribution >= 4 is 29.2 Å². The van der Waals surface area contributed by atoms with Gasteiger partial charge in [0.25, 0.3) is 0 Å². The van der Waals surface area contributed by atoms with Crippen molar-refractivity contribution in [2.45, 2.75) is 10.8 Å². The fourth-order valence-electron chi connectivity index (χ4n) is 12.3. The zero-order valence-corrected chi connectivity index (χ0v) is 41.1. The first-order chi connectivity index (χ1) is 36.9. The van der Waals surface area contributed by atoms with Crippen LogP contribution >= 0.6 is 0 Å². The summed E-state index contributed by atoms with van der Waals surface area (Å²) < 4.78 is 30.1. The Morgan fingerprint density at radius 1 is 0.293 bits per heavy atom. The molecule has 0 fully saturated rings. The van der Waals surface area contributed by atoms with E-state index in [9.17, 15) is 0 Å². The second-order valence-electron chi connectivity index (χ2n) is 19.5. The minimum atomic E-state index is -0.810. The lowest BCUT2D eigenvalue weighted by Crippen LogP contribution is -2.29. The van der Waals surface area contributed by atoms with Gasteiger partial charge in [-0.15, -0.1) is 0 Å². The maximum Gasteiger partial charge on any atom is 0.123 e. The summed E-state index contributed by atoms with van der Waals surface area (Å²) in [5, 5.41) is 0. The molecule has 0 aliphatic heterocycles. The van der Waals surface area contributed by atoms with Crippen LogP contribution < -0.4 is 4.90 Å². The summed E-state index contributed by atoms with van der Waals surface area (Å²) in [5.74, 6) is -0.577. The Hall–Kier alpha value is -9.44. The van der Waals surface area contributed by atoms with E-state index in [1.165, 1.54) is 0 Å². The Bertz CT molecular complexity index is 3790. The van der Waals surface area contributed by atoms with Crippen LogP contribution in [0.15, 0.2) is 274 Å². The molecule has 2 unspecified atom stereocenters. The average Bonchev–Trinajstić information content (AvgIpc) is 3.96. The minimum absolute atomic E-state index is 0.288. The lowest BCUT2D eigenvalue weighted by Gasteiger charge is -2.36. The lowest BCUT2D eigenvalue weighted by molar-refractivity contribution is 0.624. The van der Waals surface area contributed by atoms with Crippen LogP contribution in [0.25, 0.3) is 56.7 Å². The summed E-state index contributed by atoms with van der Waals surface area (Å²) >= 11 is 0. The van der Waals surface area contributed by atoms with E-state index >= 15 is 8.78 Å². The van der Waals surface area contributed by atoms with E-state index in [4.69, 9.17) is 0 Å². The highest BCUT2D eigenvalue weighted by Gasteiger charge is 2.48. The van der Waals surface area contributed by atoms with Crippen molar-refractivity contribution < 1.29 is 8.78 Å². The zero-order valence-electron chi connectivity index (χ0n) is 41.1. The highest BCUT2D eigenvalue weighted by Crippen LogP contribution is 2.60. The molecule has 1 nitrogen and oxygen atoms in total. The van der Waals surface area contributed by atoms with Crippen molar-refractivity contribution in [3.05, 3.63) is 341 Å². The van der Waals surface area contributed by atoms with Crippen molar-refractivity contribution in [3.8, 4) is 44.5 Å². The third-order valence-corrected chi connectivity index (χ3v) is 15.7. The first-order valence-electron chi connectivity index (χ1n) is 25.4. The molecule has 0 amide bonds. The van der Waals surface area contributed by atoms with Gasteiger partial charge in [-0.3, -0.25) is 0 Å². The number of anilines is 3. The smallest absolute Gasteiger partial charge is 0.123 e. The molecule has 0 N–H and O–H groups in total. The minimum Gasteiger partial charge on any atom is -0.310 e. The second kappa shape index (κ2) is 18.2. The number of hydrogen-bond donors (Lipinski definition) is 0. The summed E-state index contributed by atoms with van der Waals surface area (Å²) in [6.45, 7) is 8.14. The standard InChI is InChI=1S/C72H49F2N/c1-3-48-24-28-54(29-25-48)71(56-32-36-58(73)37-33-56)67-22-10-8-20-63(67)65-42-40-61(46-69(65)71)75(60-19-13-18-53(45-60)52-17-12-16-51(44-52)50-14-6-5-7-15-50)62-41-43-66-64-21-9-11-23-68(64)72(70(66)47-62,57-34-38-59(74)39-35-57)55-30-26-49(4-2)27-31-55/h3-47H,1-2H2. The van der Waals surface area contributed by atoms with Crippen molar-refractivity contribution in [1.29, 1.82) is 0 Å². The molecule has 2 aliphatic rings. The van der Waals surface area contributed by atoms with E-state index in [2.05, 4.69) is 224 Å². The molecule has 0 saturated heterocycles. The summed E-state index contributed by atoms with van der Waals surface area (Å²) in [4.78, 5) is 2.38. The number of hydrogen-bond acceptors (Lipinski definition) is 1. The number of rotatable bonds is 11. The fraction of sp³-hybridized carbons (Fsp3) is 0.0278. The highest BCUT2D eigenvalue weighted by molar-refractivity contribution is 5.93. The molecule has 11 aromatic rings. The fourth-order valence-corrected chi connectivity index (χ4v) is 12.3. The van der Waals surface area contributed by atoms with Gasteiger partial charge in [-0.05, 0) is 167 Å². The predicted molar refractivity (Wildman–Crippen MR) is 307 cm³/mol. The van der Waals surface area contributed by atoms with Gasteiger partial charge in [0.2, 0.25) is 0 Å². The third kappa shape index (κ3) is 7.26. The van der Waals surface area contributed by atoms with Gasteiger partial charge in [0.05, 0.1) is 10.8 Å². The van der Waals surface area contributed by atoms with Gasteiger partial charge in [0.15, 0.2) is 0 Å². The SMILES string of the molecule is C=Cc1ccc(C2(c3ccc(F)cc3)c3ccccc3-c3ccc(N(c4cccc(-c5cccc(-c6ccccc6)c5)c4)c4ccc5c(c4)C(c4ccc(F)cc4)(c4ccc(C=C)cc4)c4ccccc4-5)cc32)cc1. The molecule has 0 spiro atoms. The summed E-state index contributed by atoms with van der Waals surface area (Å²) in [6, 6.07) is 90.3. The Labute approximate surface area is 437 Å². The van der Waals surface area contributed by atoms with E-state index in [0.717, 1.165) is 117 Å². The van der Waals surface area contributed by atoms with Gasteiger partial charge in [-0.2, -0.15) is 0 Å². The van der Waals surface area contributed by atoms with Crippen LogP contribution in [0.1, 0.15) is 55.6 Å². The van der Waals surface area contributed by atoms with Gasteiger partial charge < -0.3 is 4.90 Å². The van der Waals surface area contributed by atoms with Crippen molar-refractivity contribution in [2.75, 3.05) is 4.90 Å². The molecule has 0 saturated carbocycles. The molecule has 11 aromatic carbocycles. The largest absolute Gasteiger partial charge is 0.310 e. The summed E-state index contributed by atoms with van der Waals surface area (Å²) in [5.41, 5.74) is 20.7. The van der Waals surface area contributed by atoms with Gasteiger partial charge in [0, 0.05) is 17.1 Å². The quantitative estimate of drug-likeness (QED) is 0.125. The first-order valence-corrected chi connectivity index (χ1v) is 25.4. The molecule has 0 bridgehead atoms. The molecule has 0 heterocycles. The maximum atomic E-state index is 15.1. The highest BCUT2D eigenvalue weighted by atomic mass is 19.1. The maximum absolute atomic E-state index is 15.1. The Balaban J connectivity index is 1.08. The van der Waals surface area contributed by atoms with Gasteiger partial charge in [-0.1, -0.05) is 219 Å². The van der Waals surface area contributed by atoms with Crippen LogP contribution in [0.4, 0.5) is 25.8 Å². The first kappa shape index (κ1) is 45.4. The molecule has 2 aliphatic carbocycles. The third-order valence-electron chi connectivity index (χ3n) is 15.7. The molecule has 356 valence electrons. The Kier molecular flexibility index (Phi) is 11.1. The van der Waals surface area contributed by atoms with E-state index in [1.807, 2.05) is 42.5 Å². The topological polar surface area (TPSA) is 3.24 Å². The molecule has 13 rings (SSSR count). The average molecular weight is 966 g/mol. The molecule has 0 radical (unpaired) electrons. The van der Waals surface area contributed by atoms with Crippen LogP contribution in [-0.4, -0.2) is 0 Å². The predicted octanol–water partition coefficient (Wildman–Crippen LogP) is 18.8. The van der Waals surface area contributed by atoms with E-state index in [-0.39, 0.29) is 11.6 Å². The van der Waals surface area contributed by atoms with E-state index in [0.29, 0.717) is 0 Å². The number of fused-ring (bicyclic) bond motifs is 6. The molecule has 3 heteroatoms. The number of benzene rings is 11. The lowest BCUT2D eigenvalue weighted by atomic mass is 9.67. The zero-order chi connectivity index (χ0) is 50.7. The number of halogens is 2. The molecular formula is C72H49F2N. The van der Waals surface area contributed by atoms with Crippen LogP contribution in [-0.2, 0) is 10.8 Å².